The van der Waals surface area contributed by atoms with E-state index in [0.29, 0.717) is 5.88 Å². The van der Waals surface area contributed by atoms with E-state index in [0.717, 1.165) is 36.4 Å². The number of primary amides is 1. The summed E-state index contributed by atoms with van der Waals surface area (Å²) >= 11 is 7.12. The van der Waals surface area contributed by atoms with Gasteiger partial charge in [0, 0.05) is 11.4 Å². The molecule has 2 N–H and O–H groups in total. The lowest BCUT2D eigenvalue weighted by molar-refractivity contribution is -0.136. The number of nitrogens with two attached hydrogens (primary N) is 1. The van der Waals surface area contributed by atoms with Crippen LogP contribution >= 0.6 is 22.9 Å². The van der Waals surface area contributed by atoms with Crippen molar-refractivity contribution in [2.45, 2.75) is 44.0 Å². The Labute approximate surface area is 127 Å². The number of thiazole rings is 1. The molecule has 0 spiro atoms. The third-order valence-electron chi connectivity index (χ3n) is 3.45. The molecule has 0 saturated heterocycles. The average Bonchev–Trinajstić information content (AvgIpc) is 3.06. The number of hydrogen-bond donors (Lipinski definition) is 1. The number of rotatable bonds is 6. The highest BCUT2D eigenvalue weighted by Crippen LogP contribution is 2.24. The molecule has 1 aromatic heterocycles. The molecule has 2 amide bonds. The van der Waals surface area contributed by atoms with Gasteiger partial charge in [0.15, 0.2) is 0 Å². The van der Waals surface area contributed by atoms with Crippen molar-refractivity contribution in [3.63, 3.8) is 0 Å². The van der Waals surface area contributed by atoms with Crippen LogP contribution < -0.4 is 5.73 Å². The molecule has 0 atom stereocenters. The van der Waals surface area contributed by atoms with Crippen molar-refractivity contribution in [1.82, 2.24) is 9.88 Å². The maximum Gasteiger partial charge on any atom is 0.237 e. The number of carbonyl (C=O) groups is 2. The first-order valence-corrected chi connectivity index (χ1v) is 8.08. The first-order valence-electron chi connectivity index (χ1n) is 6.67. The standard InChI is InChI=1S/C13H18ClN3O2S/c14-6-9-8-20-12(16-9)5-13(19)17(7-11(15)18)10-3-1-2-4-10/h8,10H,1-7H2,(H2,15,18). The van der Waals surface area contributed by atoms with Crippen molar-refractivity contribution in [1.29, 1.82) is 0 Å². The molecule has 5 nitrogen and oxygen atoms in total. The molecule has 110 valence electrons. The number of hydrogen-bond acceptors (Lipinski definition) is 4. The van der Waals surface area contributed by atoms with Gasteiger partial charge in [0.05, 0.1) is 24.5 Å². The minimum absolute atomic E-state index is 0.00274. The topological polar surface area (TPSA) is 76.3 Å². The normalized spacial score (nSPS) is 15.4. The molecule has 20 heavy (non-hydrogen) atoms. The lowest BCUT2D eigenvalue weighted by Crippen LogP contribution is -2.44. The summed E-state index contributed by atoms with van der Waals surface area (Å²) in [4.78, 5) is 29.5. The SMILES string of the molecule is NC(=O)CN(C(=O)Cc1nc(CCl)cs1)C1CCCC1. The number of aromatic nitrogens is 1. The van der Waals surface area contributed by atoms with E-state index < -0.39 is 5.91 Å². The van der Waals surface area contributed by atoms with Gasteiger partial charge >= 0.3 is 0 Å². The largest absolute Gasteiger partial charge is 0.368 e. The van der Waals surface area contributed by atoms with Gasteiger partial charge in [-0.3, -0.25) is 9.59 Å². The number of alkyl halides is 1. The number of carbonyl (C=O) groups excluding carboxylic acids is 2. The Morgan fingerprint density at radius 2 is 2.15 bits per heavy atom. The summed E-state index contributed by atoms with van der Waals surface area (Å²) in [5.41, 5.74) is 6.03. The summed E-state index contributed by atoms with van der Waals surface area (Å²) in [5.74, 6) is -0.199. The van der Waals surface area contributed by atoms with E-state index in [1.807, 2.05) is 5.38 Å². The Balaban J connectivity index is 2.03. The molecule has 0 aromatic carbocycles. The van der Waals surface area contributed by atoms with Crippen LogP contribution in [0.2, 0.25) is 0 Å². The lowest BCUT2D eigenvalue weighted by Gasteiger charge is -2.27. The third kappa shape index (κ3) is 3.93. The molecule has 0 unspecified atom stereocenters. The van der Waals surface area contributed by atoms with Crippen molar-refractivity contribution in [3.05, 3.63) is 16.1 Å². The minimum atomic E-state index is -0.467. The zero-order valence-corrected chi connectivity index (χ0v) is 12.8. The van der Waals surface area contributed by atoms with E-state index in [1.165, 1.54) is 11.3 Å². The summed E-state index contributed by atoms with van der Waals surface area (Å²) in [6.45, 7) is -0.00274. The minimum Gasteiger partial charge on any atom is -0.368 e. The van der Waals surface area contributed by atoms with Crippen LogP contribution in [0.1, 0.15) is 36.4 Å². The Kier molecular flexibility index (Phi) is 5.37. The molecule has 1 fully saturated rings. The number of halogens is 1. The van der Waals surface area contributed by atoms with Gasteiger partial charge in [-0.1, -0.05) is 12.8 Å². The van der Waals surface area contributed by atoms with Crippen molar-refractivity contribution >= 4 is 34.8 Å². The van der Waals surface area contributed by atoms with Crippen LogP contribution in [0.3, 0.4) is 0 Å². The average molecular weight is 316 g/mol. The van der Waals surface area contributed by atoms with E-state index >= 15 is 0 Å². The maximum atomic E-state index is 12.4. The van der Waals surface area contributed by atoms with Crippen LogP contribution in [-0.4, -0.2) is 34.3 Å². The molecule has 1 heterocycles. The van der Waals surface area contributed by atoms with Crippen LogP contribution in [0.5, 0.6) is 0 Å². The molecule has 1 saturated carbocycles. The van der Waals surface area contributed by atoms with Crippen LogP contribution in [0.25, 0.3) is 0 Å². The van der Waals surface area contributed by atoms with Gasteiger partial charge in [-0.15, -0.1) is 22.9 Å². The Morgan fingerprint density at radius 3 is 2.70 bits per heavy atom. The molecule has 1 aromatic rings. The van der Waals surface area contributed by atoms with E-state index in [9.17, 15) is 9.59 Å². The highest BCUT2D eigenvalue weighted by atomic mass is 35.5. The summed E-state index contributed by atoms with van der Waals surface area (Å²) in [5, 5.41) is 2.59. The quantitative estimate of drug-likeness (QED) is 0.811. The highest BCUT2D eigenvalue weighted by Gasteiger charge is 2.28. The molecule has 1 aliphatic rings. The number of amides is 2. The van der Waals surface area contributed by atoms with E-state index in [-0.39, 0.29) is 24.9 Å². The van der Waals surface area contributed by atoms with Gasteiger partial charge in [-0.2, -0.15) is 0 Å². The van der Waals surface area contributed by atoms with Crippen molar-refractivity contribution in [2.75, 3.05) is 6.54 Å². The van der Waals surface area contributed by atoms with Crippen molar-refractivity contribution in [3.8, 4) is 0 Å². The van der Waals surface area contributed by atoms with E-state index in [4.69, 9.17) is 17.3 Å². The second-order valence-electron chi connectivity index (χ2n) is 4.97. The maximum absolute atomic E-state index is 12.4. The Bertz CT molecular complexity index is 486. The highest BCUT2D eigenvalue weighted by molar-refractivity contribution is 7.09. The van der Waals surface area contributed by atoms with Gasteiger partial charge < -0.3 is 10.6 Å². The monoisotopic (exact) mass is 315 g/mol. The Hall–Kier alpha value is -1.14. The predicted molar refractivity (Wildman–Crippen MR) is 78.5 cm³/mol. The van der Waals surface area contributed by atoms with Crippen LogP contribution in [0, 0.1) is 0 Å². The van der Waals surface area contributed by atoms with Gasteiger partial charge in [-0.05, 0) is 12.8 Å². The predicted octanol–water partition coefficient (Wildman–Crippen LogP) is 1.68. The second-order valence-corrected chi connectivity index (χ2v) is 6.18. The van der Waals surface area contributed by atoms with Crippen LogP contribution in [0.15, 0.2) is 5.38 Å². The molecule has 0 bridgehead atoms. The van der Waals surface area contributed by atoms with E-state index in [2.05, 4.69) is 4.98 Å². The molecular formula is C13H18ClN3O2S. The molecule has 2 rings (SSSR count). The summed E-state index contributed by atoms with van der Waals surface area (Å²) in [6, 6.07) is 0.141. The summed E-state index contributed by atoms with van der Waals surface area (Å²) in [7, 11) is 0. The summed E-state index contributed by atoms with van der Waals surface area (Å²) in [6.07, 6.45) is 4.31. The molecule has 7 heteroatoms. The lowest BCUT2D eigenvalue weighted by atomic mass is 10.2. The number of nitrogens with zero attached hydrogens (tertiary/aromatic N) is 2. The fourth-order valence-corrected chi connectivity index (χ4v) is 3.54. The van der Waals surface area contributed by atoms with Gasteiger partial charge in [0.2, 0.25) is 11.8 Å². The molecule has 0 aliphatic heterocycles. The third-order valence-corrected chi connectivity index (χ3v) is 4.62. The summed E-state index contributed by atoms with van der Waals surface area (Å²) < 4.78 is 0. The Morgan fingerprint density at radius 1 is 1.45 bits per heavy atom. The van der Waals surface area contributed by atoms with E-state index in [1.54, 1.807) is 4.90 Å². The fraction of sp³-hybridized carbons (Fsp3) is 0.615. The first-order chi connectivity index (χ1) is 9.60. The van der Waals surface area contributed by atoms with Crippen LogP contribution in [0.4, 0.5) is 0 Å². The molecule has 0 radical (unpaired) electrons. The van der Waals surface area contributed by atoms with Gasteiger partial charge in [0.25, 0.3) is 0 Å². The molecular weight excluding hydrogens is 298 g/mol. The smallest absolute Gasteiger partial charge is 0.237 e. The van der Waals surface area contributed by atoms with Gasteiger partial charge in [0.1, 0.15) is 5.01 Å². The first kappa shape index (κ1) is 15.3. The second kappa shape index (κ2) is 7.04. The fourth-order valence-electron chi connectivity index (χ4n) is 2.53. The zero-order valence-electron chi connectivity index (χ0n) is 11.2. The van der Waals surface area contributed by atoms with Crippen LogP contribution in [-0.2, 0) is 21.9 Å². The van der Waals surface area contributed by atoms with Crippen molar-refractivity contribution < 1.29 is 9.59 Å². The van der Waals surface area contributed by atoms with Gasteiger partial charge in [-0.25, -0.2) is 4.98 Å². The zero-order chi connectivity index (χ0) is 14.5. The molecule has 1 aliphatic carbocycles. The van der Waals surface area contributed by atoms with Crippen molar-refractivity contribution in [2.24, 2.45) is 5.73 Å².